The molecule has 0 saturated heterocycles. The van der Waals surface area contributed by atoms with Crippen LogP contribution in [0.25, 0.3) is 6.08 Å². The lowest BCUT2D eigenvalue weighted by Gasteiger charge is -2.21. The monoisotopic (exact) mass is 417 g/mol. The fourth-order valence-electron chi connectivity index (χ4n) is 1.76. The van der Waals surface area contributed by atoms with Gasteiger partial charge in [0.2, 0.25) is 0 Å². The zero-order chi connectivity index (χ0) is 16.0. The number of rotatable bonds is 6. The van der Waals surface area contributed by atoms with Crippen LogP contribution in [-0.4, -0.2) is 18.7 Å². The molecule has 0 aliphatic carbocycles. The molecule has 2 nitrogen and oxygen atoms in total. The highest BCUT2D eigenvalue weighted by Crippen LogP contribution is 2.34. The van der Waals surface area contributed by atoms with Crippen LogP contribution in [0.2, 0.25) is 0 Å². The fraction of sp³-hybridized carbons (Fsp3) is 0.529. The first-order valence-electron chi connectivity index (χ1n) is 7.27. The third-order valence-electron chi connectivity index (χ3n) is 2.79. The van der Waals surface area contributed by atoms with Crippen LogP contribution in [0.5, 0.6) is 5.75 Å². The van der Waals surface area contributed by atoms with Crippen LogP contribution in [0.3, 0.4) is 0 Å². The minimum absolute atomic E-state index is 0.120. The molecule has 0 aromatic heterocycles. The molecule has 0 spiro atoms. The zero-order valence-electron chi connectivity index (χ0n) is 13.5. The maximum Gasteiger partial charge on any atom is 0.140 e. The van der Waals surface area contributed by atoms with E-state index in [1.54, 1.807) is 0 Å². The van der Waals surface area contributed by atoms with Crippen molar-refractivity contribution in [3.8, 4) is 5.75 Å². The molecule has 0 unspecified atom stereocenters. The predicted molar refractivity (Wildman–Crippen MR) is 99.0 cm³/mol. The predicted octanol–water partition coefficient (Wildman–Crippen LogP) is 5.79. The van der Waals surface area contributed by atoms with Crippen LogP contribution in [0.4, 0.5) is 0 Å². The third-order valence-corrected chi connectivity index (χ3v) is 3.83. The Bertz CT molecular complexity index is 504. The summed E-state index contributed by atoms with van der Waals surface area (Å²) >= 11 is 7.13. The van der Waals surface area contributed by atoms with Crippen LogP contribution >= 0.6 is 31.9 Å². The van der Waals surface area contributed by atoms with Gasteiger partial charge in [0.05, 0.1) is 11.1 Å². The molecule has 0 bridgehead atoms. The minimum atomic E-state index is 0.120. The largest absolute Gasteiger partial charge is 0.492 e. The molecule has 0 fully saturated rings. The lowest BCUT2D eigenvalue weighted by Crippen LogP contribution is -2.36. The van der Waals surface area contributed by atoms with Crippen molar-refractivity contribution in [2.75, 3.05) is 13.2 Å². The average molecular weight is 419 g/mol. The van der Waals surface area contributed by atoms with Gasteiger partial charge in [-0.25, -0.2) is 0 Å². The van der Waals surface area contributed by atoms with Crippen molar-refractivity contribution in [1.82, 2.24) is 5.32 Å². The van der Waals surface area contributed by atoms with Crippen LogP contribution in [0.15, 0.2) is 26.7 Å². The second-order valence-corrected chi connectivity index (χ2v) is 8.02. The summed E-state index contributed by atoms with van der Waals surface area (Å²) < 4.78 is 7.91. The highest BCUT2D eigenvalue weighted by Gasteiger charge is 2.11. The average Bonchev–Trinajstić information content (AvgIpc) is 2.34. The Labute approximate surface area is 145 Å². The Morgan fingerprint density at radius 1 is 1.29 bits per heavy atom. The smallest absolute Gasteiger partial charge is 0.140 e. The molecule has 0 radical (unpaired) electrons. The molecule has 0 heterocycles. The standard InChI is InChI=1S/C17H25Br2NO/c1-6-7-21-16-13(9-14(18)10-15(16)19)8-12(2)11-20-17(3,4)5/h8-10,20H,6-7,11H2,1-5H3. The maximum absolute atomic E-state index is 5.89. The van der Waals surface area contributed by atoms with E-state index in [1.807, 2.05) is 6.07 Å². The van der Waals surface area contributed by atoms with E-state index in [4.69, 9.17) is 4.74 Å². The molecule has 118 valence electrons. The van der Waals surface area contributed by atoms with Gasteiger partial charge in [-0.1, -0.05) is 34.5 Å². The van der Waals surface area contributed by atoms with Crippen molar-refractivity contribution in [1.29, 1.82) is 0 Å². The number of ether oxygens (including phenoxy) is 1. The van der Waals surface area contributed by atoms with Crippen molar-refractivity contribution >= 4 is 37.9 Å². The first-order chi connectivity index (χ1) is 9.73. The van der Waals surface area contributed by atoms with Gasteiger partial charge in [-0.3, -0.25) is 0 Å². The summed E-state index contributed by atoms with van der Waals surface area (Å²) in [6.45, 7) is 12.3. The van der Waals surface area contributed by atoms with Crippen molar-refractivity contribution in [3.63, 3.8) is 0 Å². The Morgan fingerprint density at radius 3 is 2.52 bits per heavy atom. The molecule has 1 aromatic carbocycles. The molecule has 0 saturated carbocycles. The molecule has 4 heteroatoms. The molecule has 1 N–H and O–H groups in total. The van der Waals surface area contributed by atoms with E-state index in [0.717, 1.165) is 39.8 Å². The van der Waals surface area contributed by atoms with E-state index in [-0.39, 0.29) is 5.54 Å². The number of hydrogen-bond donors (Lipinski definition) is 1. The lowest BCUT2D eigenvalue weighted by molar-refractivity contribution is 0.315. The zero-order valence-corrected chi connectivity index (χ0v) is 16.7. The van der Waals surface area contributed by atoms with Gasteiger partial charge in [0, 0.05) is 22.1 Å². The van der Waals surface area contributed by atoms with Crippen molar-refractivity contribution < 1.29 is 4.74 Å². The molecule has 0 aliphatic heterocycles. The van der Waals surface area contributed by atoms with Gasteiger partial charge in [-0.2, -0.15) is 0 Å². The second-order valence-electron chi connectivity index (χ2n) is 6.25. The summed E-state index contributed by atoms with van der Waals surface area (Å²) in [5.74, 6) is 0.912. The van der Waals surface area contributed by atoms with Gasteiger partial charge >= 0.3 is 0 Å². The van der Waals surface area contributed by atoms with E-state index in [1.165, 1.54) is 5.57 Å². The summed E-state index contributed by atoms with van der Waals surface area (Å²) in [7, 11) is 0. The van der Waals surface area contributed by atoms with Gasteiger partial charge in [0.15, 0.2) is 0 Å². The SMILES string of the molecule is CCCOc1c(Br)cc(Br)cc1C=C(C)CNC(C)(C)C. The van der Waals surface area contributed by atoms with Crippen molar-refractivity contribution in [3.05, 3.63) is 32.2 Å². The number of nitrogens with one attached hydrogen (secondary N) is 1. The van der Waals surface area contributed by atoms with Gasteiger partial charge < -0.3 is 10.1 Å². The van der Waals surface area contributed by atoms with Gasteiger partial charge in [-0.05, 0) is 62.2 Å². The highest BCUT2D eigenvalue weighted by atomic mass is 79.9. The molecule has 1 rings (SSSR count). The van der Waals surface area contributed by atoms with Gasteiger partial charge in [0.25, 0.3) is 0 Å². The Balaban J connectivity index is 2.99. The lowest BCUT2D eigenvalue weighted by atomic mass is 10.1. The summed E-state index contributed by atoms with van der Waals surface area (Å²) in [5, 5.41) is 3.50. The van der Waals surface area contributed by atoms with Crippen LogP contribution < -0.4 is 10.1 Å². The summed E-state index contributed by atoms with van der Waals surface area (Å²) in [6.07, 6.45) is 3.18. The number of halogens is 2. The van der Waals surface area contributed by atoms with Crippen LogP contribution in [0, 0.1) is 0 Å². The van der Waals surface area contributed by atoms with Crippen LogP contribution in [-0.2, 0) is 0 Å². The molecule has 21 heavy (non-hydrogen) atoms. The normalized spacial score (nSPS) is 12.6. The van der Waals surface area contributed by atoms with Gasteiger partial charge in [0.1, 0.15) is 5.75 Å². The van der Waals surface area contributed by atoms with E-state index < -0.39 is 0 Å². The van der Waals surface area contributed by atoms with E-state index in [0.29, 0.717) is 0 Å². The van der Waals surface area contributed by atoms with E-state index >= 15 is 0 Å². The maximum atomic E-state index is 5.89. The Morgan fingerprint density at radius 2 is 1.95 bits per heavy atom. The Hall–Kier alpha value is -0.320. The third kappa shape index (κ3) is 6.98. The molecule has 0 amide bonds. The first-order valence-corrected chi connectivity index (χ1v) is 8.85. The molecular formula is C17H25Br2NO. The molecular weight excluding hydrogens is 394 g/mol. The molecule has 0 atom stereocenters. The van der Waals surface area contributed by atoms with Gasteiger partial charge in [-0.15, -0.1) is 0 Å². The summed E-state index contributed by atoms with van der Waals surface area (Å²) in [4.78, 5) is 0. The number of hydrogen-bond acceptors (Lipinski definition) is 2. The second kappa shape index (κ2) is 8.35. The molecule has 1 aromatic rings. The van der Waals surface area contributed by atoms with Crippen LogP contribution in [0.1, 0.15) is 46.6 Å². The van der Waals surface area contributed by atoms with E-state index in [9.17, 15) is 0 Å². The highest BCUT2D eigenvalue weighted by molar-refractivity contribution is 9.11. The van der Waals surface area contributed by atoms with Crippen molar-refractivity contribution in [2.45, 2.75) is 46.6 Å². The van der Waals surface area contributed by atoms with E-state index in [2.05, 4.69) is 83.9 Å². The number of benzene rings is 1. The Kier molecular flexibility index (Phi) is 7.45. The van der Waals surface area contributed by atoms with Crippen molar-refractivity contribution in [2.24, 2.45) is 0 Å². The quantitative estimate of drug-likeness (QED) is 0.630. The topological polar surface area (TPSA) is 21.3 Å². The fourth-order valence-corrected chi connectivity index (χ4v) is 3.14. The summed E-state index contributed by atoms with van der Waals surface area (Å²) in [5.41, 5.74) is 2.49. The minimum Gasteiger partial charge on any atom is -0.492 e. The first kappa shape index (κ1) is 18.7. The summed E-state index contributed by atoms with van der Waals surface area (Å²) in [6, 6.07) is 4.11. The molecule has 0 aliphatic rings.